The van der Waals surface area contributed by atoms with Gasteiger partial charge in [-0.05, 0) is 37.9 Å². The van der Waals surface area contributed by atoms with E-state index in [2.05, 4.69) is 39.5 Å². The summed E-state index contributed by atoms with van der Waals surface area (Å²) in [4.78, 5) is 19.1. The van der Waals surface area contributed by atoms with Gasteiger partial charge in [-0.3, -0.25) is 4.79 Å². The first kappa shape index (κ1) is 19.0. The van der Waals surface area contributed by atoms with E-state index in [0.717, 1.165) is 58.4 Å². The molecule has 1 aromatic carbocycles. The highest BCUT2D eigenvalue weighted by Crippen LogP contribution is 2.17. The molecule has 0 atom stereocenters. The maximum absolute atomic E-state index is 11.0. The van der Waals surface area contributed by atoms with Crippen molar-refractivity contribution < 1.29 is 9.90 Å². The fourth-order valence-corrected chi connectivity index (χ4v) is 4.19. The summed E-state index contributed by atoms with van der Waals surface area (Å²) in [5.41, 5.74) is 1.36. The monoisotopic (exact) mass is 373 g/mol. The Morgan fingerprint density at radius 3 is 2.73 bits per heavy atom. The van der Waals surface area contributed by atoms with Gasteiger partial charge in [0.2, 0.25) is 0 Å². The number of hydrogen-bond acceptors (Lipinski definition) is 5. The second-order valence-electron chi connectivity index (χ2n) is 6.84. The minimum absolute atomic E-state index is 0.147. The van der Waals surface area contributed by atoms with Crippen LogP contribution >= 0.6 is 11.3 Å². The highest BCUT2D eigenvalue weighted by molar-refractivity contribution is 7.11. The standard InChI is InChI=1S/C20H27N3O2S/c24-20(25)17-8-11-23(12-9-17)13-10-21-14-18-15-22-19(26-18)7-6-16-4-2-1-3-5-16/h1-5,15,17,21H,6-14H2,(H,24,25). The first-order valence-corrected chi connectivity index (χ1v) is 10.2. The Kier molecular flexibility index (Phi) is 7.17. The van der Waals surface area contributed by atoms with Crippen LogP contribution in [-0.2, 0) is 24.2 Å². The number of benzene rings is 1. The van der Waals surface area contributed by atoms with Gasteiger partial charge in [-0.2, -0.15) is 0 Å². The molecule has 1 saturated heterocycles. The van der Waals surface area contributed by atoms with Crippen LogP contribution in [0.1, 0.15) is 28.3 Å². The molecule has 0 aliphatic carbocycles. The summed E-state index contributed by atoms with van der Waals surface area (Å²) in [6.07, 6.45) is 5.56. The van der Waals surface area contributed by atoms with Crippen molar-refractivity contribution in [1.82, 2.24) is 15.2 Å². The van der Waals surface area contributed by atoms with Gasteiger partial charge in [0.05, 0.1) is 10.9 Å². The topological polar surface area (TPSA) is 65.5 Å². The van der Waals surface area contributed by atoms with E-state index in [1.807, 2.05) is 12.3 Å². The number of likely N-dealkylation sites (tertiary alicyclic amines) is 1. The number of aromatic nitrogens is 1. The molecular weight excluding hydrogens is 346 g/mol. The molecule has 2 aromatic rings. The second-order valence-corrected chi connectivity index (χ2v) is 8.04. The van der Waals surface area contributed by atoms with E-state index in [1.165, 1.54) is 15.4 Å². The molecule has 0 radical (unpaired) electrons. The zero-order valence-electron chi connectivity index (χ0n) is 15.1. The average Bonchev–Trinajstić information content (AvgIpc) is 3.13. The van der Waals surface area contributed by atoms with E-state index in [1.54, 1.807) is 11.3 Å². The lowest BCUT2D eigenvalue weighted by molar-refractivity contribution is -0.143. The number of piperidine rings is 1. The third-order valence-corrected chi connectivity index (χ3v) is 5.97. The van der Waals surface area contributed by atoms with Crippen LogP contribution in [0.5, 0.6) is 0 Å². The smallest absolute Gasteiger partial charge is 0.306 e. The Hall–Kier alpha value is -1.76. The summed E-state index contributed by atoms with van der Waals surface area (Å²) in [6, 6.07) is 10.5. The van der Waals surface area contributed by atoms with Crippen molar-refractivity contribution in [2.24, 2.45) is 5.92 Å². The number of carbonyl (C=O) groups is 1. The summed E-state index contributed by atoms with van der Waals surface area (Å²) >= 11 is 1.79. The quantitative estimate of drug-likeness (QED) is 0.662. The van der Waals surface area contributed by atoms with E-state index in [0.29, 0.717) is 0 Å². The molecular formula is C20H27N3O2S. The van der Waals surface area contributed by atoms with Crippen LogP contribution in [0.2, 0.25) is 0 Å². The van der Waals surface area contributed by atoms with Gasteiger partial charge >= 0.3 is 5.97 Å². The third kappa shape index (κ3) is 5.90. The molecule has 6 heteroatoms. The highest BCUT2D eigenvalue weighted by Gasteiger charge is 2.23. The SMILES string of the molecule is O=C(O)C1CCN(CCNCc2cnc(CCc3ccccc3)s2)CC1. The van der Waals surface area contributed by atoms with E-state index in [9.17, 15) is 4.79 Å². The van der Waals surface area contributed by atoms with Crippen LogP contribution < -0.4 is 5.32 Å². The van der Waals surface area contributed by atoms with Crippen molar-refractivity contribution in [3.8, 4) is 0 Å². The number of nitrogens with zero attached hydrogens (tertiary/aromatic N) is 2. The van der Waals surface area contributed by atoms with E-state index >= 15 is 0 Å². The number of carboxylic acid groups (broad SMARTS) is 1. The molecule has 1 aliphatic heterocycles. The minimum atomic E-state index is -0.643. The molecule has 0 saturated carbocycles. The summed E-state index contributed by atoms with van der Waals surface area (Å²) in [7, 11) is 0. The number of nitrogens with one attached hydrogen (secondary N) is 1. The molecule has 140 valence electrons. The fraction of sp³-hybridized carbons (Fsp3) is 0.500. The molecule has 1 fully saturated rings. The Morgan fingerprint density at radius 1 is 1.23 bits per heavy atom. The van der Waals surface area contributed by atoms with Gasteiger partial charge in [-0.25, -0.2) is 4.98 Å². The second kappa shape index (κ2) is 9.80. The van der Waals surface area contributed by atoms with Crippen molar-refractivity contribution >= 4 is 17.3 Å². The number of aliphatic carboxylic acids is 1. The Bertz CT molecular complexity index is 681. The Balaban J connectivity index is 1.31. The van der Waals surface area contributed by atoms with Crippen molar-refractivity contribution in [3.05, 3.63) is 52.0 Å². The van der Waals surface area contributed by atoms with Crippen molar-refractivity contribution in [2.75, 3.05) is 26.2 Å². The van der Waals surface area contributed by atoms with Crippen LogP contribution in [0.3, 0.4) is 0 Å². The summed E-state index contributed by atoms with van der Waals surface area (Å²) in [5.74, 6) is -0.790. The number of carboxylic acids is 1. The predicted octanol–water partition coefficient (Wildman–Crippen LogP) is 2.81. The zero-order valence-corrected chi connectivity index (χ0v) is 15.9. The molecule has 1 aliphatic rings. The molecule has 2 heterocycles. The number of aryl methyl sites for hydroxylation is 2. The van der Waals surface area contributed by atoms with Crippen LogP contribution in [0.4, 0.5) is 0 Å². The number of thiazole rings is 1. The summed E-state index contributed by atoms with van der Waals surface area (Å²) in [6.45, 7) is 4.54. The molecule has 0 spiro atoms. The first-order chi connectivity index (χ1) is 12.7. The fourth-order valence-electron chi connectivity index (χ4n) is 3.29. The first-order valence-electron chi connectivity index (χ1n) is 9.34. The summed E-state index contributed by atoms with van der Waals surface area (Å²) in [5, 5.41) is 13.7. The van der Waals surface area contributed by atoms with E-state index in [4.69, 9.17) is 5.11 Å². The maximum atomic E-state index is 11.0. The molecule has 0 unspecified atom stereocenters. The van der Waals surface area contributed by atoms with Crippen molar-refractivity contribution in [1.29, 1.82) is 0 Å². The molecule has 5 nitrogen and oxygen atoms in total. The molecule has 3 rings (SSSR count). The van der Waals surface area contributed by atoms with Crippen LogP contribution in [0, 0.1) is 5.92 Å². The molecule has 0 amide bonds. The van der Waals surface area contributed by atoms with Crippen LogP contribution in [0.15, 0.2) is 36.5 Å². The molecule has 2 N–H and O–H groups in total. The van der Waals surface area contributed by atoms with Crippen molar-refractivity contribution in [2.45, 2.75) is 32.2 Å². The summed E-state index contributed by atoms with van der Waals surface area (Å²) < 4.78 is 0. The predicted molar refractivity (Wildman–Crippen MR) is 104 cm³/mol. The van der Waals surface area contributed by atoms with Gasteiger partial charge in [-0.1, -0.05) is 30.3 Å². The average molecular weight is 374 g/mol. The molecule has 26 heavy (non-hydrogen) atoms. The zero-order chi connectivity index (χ0) is 18.2. The van der Waals surface area contributed by atoms with Gasteiger partial charge in [0, 0.05) is 37.1 Å². The maximum Gasteiger partial charge on any atom is 0.306 e. The van der Waals surface area contributed by atoms with Gasteiger partial charge < -0.3 is 15.3 Å². The lowest BCUT2D eigenvalue weighted by Gasteiger charge is -2.29. The van der Waals surface area contributed by atoms with E-state index < -0.39 is 5.97 Å². The minimum Gasteiger partial charge on any atom is -0.481 e. The Labute approximate surface area is 159 Å². The van der Waals surface area contributed by atoms with Gasteiger partial charge in [-0.15, -0.1) is 11.3 Å². The molecule has 1 aromatic heterocycles. The van der Waals surface area contributed by atoms with Gasteiger partial charge in [0.1, 0.15) is 0 Å². The molecule has 0 bridgehead atoms. The Morgan fingerprint density at radius 2 is 2.00 bits per heavy atom. The lowest BCUT2D eigenvalue weighted by atomic mass is 9.97. The van der Waals surface area contributed by atoms with Gasteiger partial charge in [0.25, 0.3) is 0 Å². The highest BCUT2D eigenvalue weighted by atomic mass is 32.1. The third-order valence-electron chi connectivity index (χ3n) is 4.91. The largest absolute Gasteiger partial charge is 0.481 e. The van der Waals surface area contributed by atoms with Gasteiger partial charge in [0.15, 0.2) is 0 Å². The lowest BCUT2D eigenvalue weighted by Crippen LogP contribution is -2.39. The van der Waals surface area contributed by atoms with E-state index in [-0.39, 0.29) is 5.92 Å². The van der Waals surface area contributed by atoms with Crippen LogP contribution in [-0.4, -0.2) is 47.1 Å². The van der Waals surface area contributed by atoms with Crippen LogP contribution in [0.25, 0.3) is 0 Å². The number of rotatable bonds is 9. The van der Waals surface area contributed by atoms with Crippen molar-refractivity contribution in [3.63, 3.8) is 0 Å². The number of hydrogen-bond donors (Lipinski definition) is 2. The normalized spacial score (nSPS) is 16.0.